The molecule has 0 radical (unpaired) electrons. The van der Waals surface area contributed by atoms with E-state index in [1.54, 1.807) is 30.3 Å². The maximum atomic E-state index is 12.8. The van der Waals surface area contributed by atoms with E-state index in [9.17, 15) is 13.2 Å². The Balaban J connectivity index is 1.44. The number of hydrogen-bond acceptors (Lipinski definition) is 7. The summed E-state index contributed by atoms with van der Waals surface area (Å²) < 4.78 is 37.2. The summed E-state index contributed by atoms with van der Waals surface area (Å²) in [6.45, 7) is 1.46. The third-order valence-electron chi connectivity index (χ3n) is 5.36. The van der Waals surface area contributed by atoms with Crippen molar-refractivity contribution in [2.75, 3.05) is 44.0 Å². The van der Waals surface area contributed by atoms with E-state index in [1.165, 1.54) is 22.8 Å². The van der Waals surface area contributed by atoms with Crippen molar-refractivity contribution < 1.29 is 22.7 Å². The van der Waals surface area contributed by atoms with Crippen LogP contribution in [0.1, 0.15) is 20.8 Å². The van der Waals surface area contributed by atoms with Crippen LogP contribution in [0.25, 0.3) is 0 Å². The van der Waals surface area contributed by atoms with E-state index in [4.69, 9.17) is 21.7 Å². The lowest BCUT2D eigenvalue weighted by Gasteiger charge is -2.26. The van der Waals surface area contributed by atoms with Gasteiger partial charge in [0, 0.05) is 30.1 Å². The number of thiophene rings is 1. The fraction of sp³-hybridized carbons (Fsp3) is 0.250. The average molecular weight is 532 g/mol. The number of hydrogen-bond donors (Lipinski definition) is 2. The van der Waals surface area contributed by atoms with Gasteiger partial charge in [-0.3, -0.25) is 0 Å². The van der Waals surface area contributed by atoms with Crippen molar-refractivity contribution in [1.29, 1.82) is 0 Å². The number of sulfonamides is 1. The van der Waals surface area contributed by atoms with E-state index in [-0.39, 0.29) is 10.0 Å². The highest BCUT2D eigenvalue weighted by molar-refractivity contribution is 7.89. The Morgan fingerprint density at radius 2 is 1.77 bits per heavy atom. The van der Waals surface area contributed by atoms with Gasteiger partial charge in [0.05, 0.1) is 30.8 Å². The van der Waals surface area contributed by atoms with Crippen LogP contribution in [0, 0.1) is 0 Å². The van der Waals surface area contributed by atoms with Crippen molar-refractivity contribution in [3.8, 4) is 0 Å². The largest absolute Gasteiger partial charge is 0.465 e. The maximum Gasteiger partial charge on any atom is 0.340 e. The third kappa shape index (κ3) is 6.24. The monoisotopic (exact) mass is 531 g/mol. The number of thiocarbonyl (C=S) groups is 1. The molecular formula is C24H25N3O5S3. The van der Waals surface area contributed by atoms with Gasteiger partial charge in [0.1, 0.15) is 5.00 Å². The summed E-state index contributed by atoms with van der Waals surface area (Å²) in [4.78, 5) is 13.5. The van der Waals surface area contributed by atoms with Crippen LogP contribution in [0.3, 0.4) is 0 Å². The highest BCUT2D eigenvalue weighted by atomic mass is 32.2. The lowest BCUT2D eigenvalue weighted by atomic mass is 10.1. The van der Waals surface area contributed by atoms with Crippen LogP contribution >= 0.6 is 23.6 Å². The van der Waals surface area contributed by atoms with Gasteiger partial charge in [0.25, 0.3) is 0 Å². The Bertz CT molecular complexity index is 1290. The van der Waals surface area contributed by atoms with Gasteiger partial charge in [0.2, 0.25) is 10.0 Å². The molecule has 1 saturated heterocycles. The second kappa shape index (κ2) is 11.3. The molecular weight excluding hydrogens is 506 g/mol. The average Bonchev–Trinajstić information content (AvgIpc) is 3.26. The van der Waals surface area contributed by atoms with Crippen molar-refractivity contribution in [3.05, 3.63) is 76.7 Å². The molecule has 35 heavy (non-hydrogen) atoms. The fourth-order valence-electron chi connectivity index (χ4n) is 3.59. The predicted octanol–water partition coefficient (Wildman–Crippen LogP) is 3.96. The zero-order valence-corrected chi connectivity index (χ0v) is 21.5. The van der Waals surface area contributed by atoms with Crippen molar-refractivity contribution in [1.82, 2.24) is 4.31 Å². The standard InChI is InChI=1S/C24H25N3O5S3/c1-31-23(28)21-16-19(15-17-5-3-2-4-6-17)34-22(21)26-24(33)25-18-7-9-20(10-8-18)35(29,30)27-11-13-32-14-12-27/h2-10,16H,11-15H2,1H3,(H2,25,26,33). The molecule has 0 unspecified atom stereocenters. The highest BCUT2D eigenvalue weighted by Gasteiger charge is 2.26. The molecule has 0 bridgehead atoms. The summed E-state index contributed by atoms with van der Waals surface area (Å²) >= 11 is 6.86. The van der Waals surface area contributed by atoms with Gasteiger partial charge in [-0.1, -0.05) is 30.3 Å². The van der Waals surface area contributed by atoms with Gasteiger partial charge in [-0.15, -0.1) is 11.3 Å². The van der Waals surface area contributed by atoms with E-state index >= 15 is 0 Å². The minimum atomic E-state index is -3.57. The van der Waals surface area contributed by atoms with Crippen molar-refractivity contribution in [2.45, 2.75) is 11.3 Å². The number of rotatable bonds is 7. The topological polar surface area (TPSA) is 97.0 Å². The number of carbonyl (C=O) groups is 1. The number of anilines is 2. The Morgan fingerprint density at radius 1 is 1.09 bits per heavy atom. The second-order valence-corrected chi connectivity index (χ2v) is 11.2. The van der Waals surface area contributed by atoms with Crippen molar-refractivity contribution in [3.63, 3.8) is 0 Å². The second-order valence-electron chi connectivity index (χ2n) is 7.73. The molecule has 2 heterocycles. The van der Waals surface area contributed by atoms with Gasteiger partial charge >= 0.3 is 5.97 Å². The third-order valence-corrected chi connectivity index (χ3v) is 8.52. The molecule has 0 amide bonds. The molecule has 8 nitrogen and oxygen atoms in total. The van der Waals surface area contributed by atoms with Crippen LogP contribution in [0.4, 0.5) is 10.7 Å². The Kier molecular flexibility index (Phi) is 8.14. The normalized spacial score (nSPS) is 14.3. The Morgan fingerprint density at radius 3 is 2.43 bits per heavy atom. The van der Waals surface area contributed by atoms with Crippen LogP contribution in [0.2, 0.25) is 0 Å². The SMILES string of the molecule is COC(=O)c1cc(Cc2ccccc2)sc1NC(=S)Nc1ccc(S(=O)(=O)N2CCOCC2)cc1. The van der Waals surface area contributed by atoms with E-state index in [0.717, 1.165) is 10.4 Å². The number of nitrogens with one attached hydrogen (secondary N) is 2. The lowest BCUT2D eigenvalue weighted by Crippen LogP contribution is -2.40. The highest BCUT2D eigenvalue weighted by Crippen LogP contribution is 2.31. The molecule has 1 fully saturated rings. The summed E-state index contributed by atoms with van der Waals surface area (Å²) in [5, 5.41) is 6.96. The zero-order chi connectivity index (χ0) is 24.8. The molecule has 0 atom stereocenters. The fourth-order valence-corrected chi connectivity index (χ4v) is 6.37. The molecule has 1 aromatic heterocycles. The number of esters is 1. The van der Waals surface area contributed by atoms with E-state index in [2.05, 4.69) is 10.6 Å². The first-order valence-electron chi connectivity index (χ1n) is 10.9. The molecule has 184 valence electrons. The van der Waals surface area contributed by atoms with E-state index in [0.29, 0.717) is 49.0 Å². The van der Waals surface area contributed by atoms with Crippen molar-refractivity contribution in [2.24, 2.45) is 0 Å². The Labute approximate surface area is 213 Å². The zero-order valence-electron chi connectivity index (χ0n) is 19.0. The van der Waals surface area contributed by atoms with Gasteiger partial charge in [-0.2, -0.15) is 4.31 Å². The number of benzene rings is 2. The molecule has 0 spiro atoms. The van der Waals surface area contributed by atoms with Crippen molar-refractivity contribution >= 4 is 55.3 Å². The van der Waals surface area contributed by atoms with Crippen LogP contribution in [0.5, 0.6) is 0 Å². The maximum absolute atomic E-state index is 12.8. The van der Waals surface area contributed by atoms with Crippen LogP contribution in [-0.4, -0.2) is 57.2 Å². The first-order chi connectivity index (χ1) is 16.9. The quantitative estimate of drug-likeness (QED) is 0.349. The number of ether oxygens (including phenoxy) is 2. The number of methoxy groups -OCH3 is 1. The molecule has 3 aromatic rings. The molecule has 2 aromatic carbocycles. The minimum absolute atomic E-state index is 0.209. The summed E-state index contributed by atoms with van der Waals surface area (Å²) in [5.41, 5.74) is 2.15. The first-order valence-corrected chi connectivity index (χ1v) is 13.5. The van der Waals surface area contributed by atoms with Gasteiger partial charge in [-0.05, 0) is 48.1 Å². The van der Waals surface area contributed by atoms with Gasteiger partial charge in [0.15, 0.2) is 5.11 Å². The number of morpholine rings is 1. The molecule has 1 aliphatic rings. The molecule has 0 saturated carbocycles. The van der Waals surface area contributed by atoms with Gasteiger partial charge < -0.3 is 20.1 Å². The van der Waals surface area contributed by atoms with Crippen LogP contribution < -0.4 is 10.6 Å². The lowest BCUT2D eigenvalue weighted by molar-refractivity contribution is 0.0602. The van der Waals surface area contributed by atoms with Crippen LogP contribution in [0.15, 0.2) is 65.6 Å². The number of nitrogens with zero attached hydrogens (tertiary/aromatic N) is 1. The summed E-state index contributed by atoms with van der Waals surface area (Å²) in [6.07, 6.45) is 0.677. The summed E-state index contributed by atoms with van der Waals surface area (Å²) in [6, 6.07) is 18.1. The first kappa shape index (κ1) is 25.3. The smallest absolute Gasteiger partial charge is 0.340 e. The summed E-state index contributed by atoms with van der Waals surface area (Å²) in [7, 11) is -2.23. The predicted molar refractivity (Wildman–Crippen MR) is 141 cm³/mol. The Hall–Kier alpha value is -2.83. The van der Waals surface area contributed by atoms with Crippen LogP contribution in [-0.2, 0) is 25.9 Å². The van der Waals surface area contributed by atoms with E-state index < -0.39 is 16.0 Å². The van der Waals surface area contributed by atoms with E-state index in [1.807, 2.05) is 30.3 Å². The molecule has 0 aliphatic carbocycles. The molecule has 2 N–H and O–H groups in total. The summed E-state index contributed by atoms with van der Waals surface area (Å²) in [5.74, 6) is -0.455. The molecule has 1 aliphatic heterocycles. The molecule has 4 rings (SSSR count). The number of carbonyl (C=O) groups excluding carboxylic acids is 1. The van der Waals surface area contributed by atoms with Gasteiger partial charge in [-0.25, -0.2) is 13.2 Å². The minimum Gasteiger partial charge on any atom is -0.465 e. The molecule has 11 heteroatoms.